The van der Waals surface area contributed by atoms with Crippen molar-refractivity contribution in [1.29, 1.82) is 0 Å². The van der Waals surface area contributed by atoms with E-state index in [-0.39, 0.29) is 0 Å². The maximum absolute atomic E-state index is 9.40. The van der Waals surface area contributed by atoms with E-state index in [0.717, 1.165) is 5.39 Å². The Morgan fingerprint density at radius 2 is 1.56 bits per heavy atom. The number of hydrogen-bond donors (Lipinski definition) is 1. The molecule has 0 aromatic heterocycles. The summed E-state index contributed by atoms with van der Waals surface area (Å²) >= 11 is 0. The van der Waals surface area contributed by atoms with Crippen LogP contribution in [0.4, 0.5) is 0 Å². The van der Waals surface area contributed by atoms with E-state index in [1.165, 1.54) is 23.8 Å². The molecule has 0 fully saturated rings. The maximum Gasteiger partial charge on any atom is 0.116 e. The van der Waals surface area contributed by atoms with Crippen LogP contribution in [0.1, 0.15) is 38.2 Å². The molecule has 0 unspecified atom stereocenters. The molecule has 0 aliphatic carbocycles. The molecule has 1 N–H and O–H groups in total. The summed E-state index contributed by atoms with van der Waals surface area (Å²) in [7, 11) is 0. The molecule has 0 heterocycles. The molecule has 0 saturated heterocycles. The summed E-state index contributed by atoms with van der Waals surface area (Å²) in [6.07, 6.45) is 2.36. The highest BCUT2D eigenvalue weighted by molar-refractivity contribution is 5.84. The fourth-order valence-corrected chi connectivity index (χ4v) is 2.27. The van der Waals surface area contributed by atoms with Crippen molar-refractivity contribution < 1.29 is 5.11 Å². The number of phenolic OH excluding ortho intramolecular Hbond substituents is 1. The van der Waals surface area contributed by atoms with Crippen molar-refractivity contribution in [2.45, 2.75) is 32.6 Å². The number of aromatic hydroxyl groups is 1. The van der Waals surface area contributed by atoms with E-state index in [4.69, 9.17) is 0 Å². The van der Waals surface area contributed by atoms with Crippen LogP contribution in [-0.2, 0) is 0 Å². The standard InChI is InChI=1S/C15H18O/c1-3-11(4-2)12-5-6-14-10-15(16)8-7-13(14)9-12/h5-11,16H,3-4H2,1-2H3. The van der Waals surface area contributed by atoms with E-state index >= 15 is 0 Å². The lowest BCUT2D eigenvalue weighted by Crippen LogP contribution is -1.94. The van der Waals surface area contributed by atoms with E-state index in [9.17, 15) is 5.11 Å². The Morgan fingerprint density at radius 3 is 2.25 bits per heavy atom. The number of fused-ring (bicyclic) bond motifs is 1. The average Bonchev–Trinajstić information content (AvgIpc) is 2.31. The SMILES string of the molecule is CCC(CC)c1ccc2cc(O)ccc2c1. The van der Waals surface area contributed by atoms with Gasteiger partial charge in [0.2, 0.25) is 0 Å². The zero-order valence-corrected chi connectivity index (χ0v) is 9.90. The van der Waals surface area contributed by atoms with Crippen LogP contribution in [0.25, 0.3) is 10.8 Å². The Hall–Kier alpha value is -1.50. The van der Waals surface area contributed by atoms with Gasteiger partial charge in [-0.05, 0) is 47.2 Å². The van der Waals surface area contributed by atoms with E-state index in [1.54, 1.807) is 6.07 Å². The molecule has 2 aromatic carbocycles. The van der Waals surface area contributed by atoms with Gasteiger partial charge in [-0.2, -0.15) is 0 Å². The Kier molecular flexibility index (Phi) is 3.14. The summed E-state index contributed by atoms with van der Waals surface area (Å²) < 4.78 is 0. The first kappa shape index (κ1) is 11.0. The van der Waals surface area contributed by atoms with Crippen LogP contribution < -0.4 is 0 Å². The van der Waals surface area contributed by atoms with Crippen molar-refractivity contribution in [1.82, 2.24) is 0 Å². The third-order valence-electron chi connectivity index (χ3n) is 3.30. The van der Waals surface area contributed by atoms with Crippen molar-refractivity contribution in [3.8, 4) is 5.75 Å². The average molecular weight is 214 g/mol. The Labute approximate surface area is 96.7 Å². The minimum Gasteiger partial charge on any atom is -0.508 e. The summed E-state index contributed by atoms with van der Waals surface area (Å²) in [6, 6.07) is 12.1. The number of rotatable bonds is 3. The molecule has 0 spiro atoms. The molecule has 0 bridgehead atoms. The summed E-state index contributed by atoms with van der Waals surface area (Å²) in [5, 5.41) is 11.7. The van der Waals surface area contributed by atoms with Crippen LogP contribution >= 0.6 is 0 Å². The molecular weight excluding hydrogens is 196 g/mol. The van der Waals surface area contributed by atoms with Gasteiger partial charge in [-0.3, -0.25) is 0 Å². The van der Waals surface area contributed by atoms with Gasteiger partial charge in [-0.1, -0.05) is 38.1 Å². The first-order valence-electron chi connectivity index (χ1n) is 5.97. The van der Waals surface area contributed by atoms with Gasteiger partial charge in [0.15, 0.2) is 0 Å². The minimum absolute atomic E-state index is 0.336. The van der Waals surface area contributed by atoms with Gasteiger partial charge >= 0.3 is 0 Å². The second kappa shape index (κ2) is 4.56. The van der Waals surface area contributed by atoms with Crippen LogP contribution in [-0.4, -0.2) is 5.11 Å². The molecule has 1 nitrogen and oxygen atoms in total. The van der Waals surface area contributed by atoms with Crippen LogP contribution in [0, 0.1) is 0 Å². The smallest absolute Gasteiger partial charge is 0.116 e. The first-order chi connectivity index (χ1) is 7.74. The fourth-order valence-electron chi connectivity index (χ4n) is 2.27. The molecule has 0 atom stereocenters. The lowest BCUT2D eigenvalue weighted by atomic mass is 9.92. The van der Waals surface area contributed by atoms with Crippen molar-refractivity contribution >= 4 is 10.8 Å². The number of benzene rings is 2. The molecular formula is C15H18O. The van der Waals surface area contributed by atoms with Gasteiger partial charge in [-0.25, -0.2) is 0 Å². The largest absolute Gasteiger partial charge is 0.508 e. The van der Waals surface area contributed by atoms with Gasteiger partial charge in [0.05, 0.1) is 0 Å². The lowest BCUT2D eigenvalue weighted by molar-refractivity contribution is 0.476. The van der Waals surface area contributed by atoms with Crippen LogP contribution in [0.3, 0.4) is 0 Å². The number of phenols is 1. The van der Waals surface area contributed by atoms with Crippen LogP contribution in [0.15, 0.2) is 36.4 Å². The van der Waals surface area contributed by atoms with Crippen molar-refractivity contribution in [2.75, 3.05) is 0 Å². The zero-order chi connectivity index (χ0) is 11.5. The van der Waals surface area contributed by atoms with Crippen molar-refractivity contribution in [3.63, 3.8) is 0 Å². The van der Waals surface area contributed by atoms with E-state index in [0.29, 0.717) is 11.7 Å². The van der Waals surface area contributed by atoms with Crippen LogP contribution in [0.2, 0.25) is 0 Å². The first-order valence-corrected chi connectivity index (χ1v) is 5.97. The quantitative estimate of drug-likeness (QED) is 0.800. The molecule has 2 rings (SSSR count). The Morgan fingerprint density at radius 1 is 0.938 bits per heavy atom. The van der Waals surface area contributed by atoms with Gasteiger partial charge in [0.25, 0.3) is 0 Å². The maximum atomic E-state index is 9.40. The molecule has 0 aliphatic heterocycles. The molecule has 0 aliphatic rings. The second-order valence-electron chi connectivity index (χ2n) is 4.30. The van der Waals surface area contributed by atoms with Gasteiger partial charge in [0, 0.05) is 0 Å². The van der Waals surface area contributed by atoms with E-state index in [1.807, 2.05) is 12.1 Å². The predicted octanol–water partition coefficient (Wildman–Crippen LogP) is 4.45. The fraction of sp³-hybridized carbons (Fsp3) is 0.333. The molecule has 0 saturated carbocycles. The molecule has 0 amide bonds. The second-order valence-corrected chi connectivity index (χ2v) is 4.30. The van der Waals surface area contributed by atoms with Gasteiger partial charge < -0.3 is 5.11 Å². The van der Waals surface area contributed by atoms with Gasteiger partial charge in [-0.15, -0.1) is 0 Å². The highest BCUT2D eigenvalue weighted by atomic mass is 16.3. The molecule has 1 heteroatoms. The third-order valence-corrected chi connectivity index (χ3v) is 3.30. The third kappa shape index (κ3) is 2.04. The minimum atomic E-state index is 0.336. The van der Waals surface area contributed by atoms with E-state index < -0.39 is 0 Å². The monoisotopic (exact) mass is 214 g/mol. The normalized spacial score (nSPS) is 11.2. The topological polar surface area (TPSA) is 20.2 Å². The molecule has 0 radical (unpaired) electrons. The van der Waals surface area contributed by atoms with Gasteiger partial charge in [0.1, 0.15) is 5.75 Å². The Balaban J connectivity index is 2.47. The summed E-state index contributed by atoms with van der Waals surface area (Å²) in [4.78, 5) is 0. The lowest BCUT2D eigenvalue weighted by Gasteiger charge is -2.13. The summed E-state index contributed by atoms with van der Waals surface area (Å²) in [5.41, 5.74) is 1.41. The predicted molar refractivity (Wildman–Crippen MR) is 68.9 cm³/mol. The summed E-state index contributed by atoms with van der Waals surface area (Å²) in [5.74, 6) is 0.987. The summed E-state index contributed by atoms with van der Waals surface area (Å²) in [6.45, 7) is 4.46. The van der Waals surface area contributed by atoms with Crippen LogP contribution in [0.5, 0.6) is 5.75 Å². The molecule has 2 aromatic rings. The molecule has 84 valence electrons. The highest BCUT2D eigenvalue weighted by Crippen LogP contribution is 2.27. The number of hydrogen-bond acceptors (Lipinski definition) is 1. The zero-order valence-electron chi connectivity index (χ0n) is 9.90. The highest BCUT2D eigenvalue weighted by Gasteiger charge is 2.07. The van der Waals surface area contributed by atoms with Crippen molar-refractivity contribution in [3.05, 3.63) is 42.0 Å². The molecule has 16 heavy (non-hydrogen) atoms. The van der Waals surface area contributed by atoms with Crippen molar-refractivity contribution in [2.24, 2.45) is 0 Å². The Bertz CT molecular complexity index is 484. The van der Waals surface area contributed by atoms with E-state index in [2.05, 4.69) is 32.0 Å².